The molecule has 0 bridgehead atoms. The lowest BCUT2D eigenvalue weighted by molar-refractivity contribution is -0.146. The first-order valence-electron chi connectivity index (χ1n) is 7.08. The van der Waals surface area contributed by atoms with E-state index in [0.717, 1.165) is 12.0 Å². The highest BCUT2D eigenvalue weighted by Gasteiger charge is 2.38. The van der Waals surface area contributed by atoms with Crippen molar-refractivity contribution in [1.29, 1.82) is 0 Å². The molecule has 112 valence electrons. The summed E-state index contributed by atoms with van der Waals surface area (Å²) < 4.78 is 5.57. The van der Waals surface area contributed by atoms with Crippen LogP contribution in [0.5, 0.6) is 0 Å². The molecule has 1 unspecified atom stereocenters. The molecular weight excluding hydrogens is 254 g/mol. The maximum atomic E-state index is 11.7. The van der Waals surface area contributed by atoms with Crippen LogP contribution in [0.1, 0.15) is 32.3 Å². The summed E-state index contributed by atoms with van der Waals surface area (Å²) in [6.07, 6.45) is 1.39. The molecule has 0 aliphatic heterocycles. The van der Waals surface area contributed by atoms with E-state index in [1.807, 2.05) is 30.3 Å². The molecule has 1 aromatic rings. The Hall–Kier alpha value is -1.39. The number of hydrogen-bond donors (Lipinski definition) is 2. The zero-order chi connectivity index (χ0) is 15.0. The number of carbonyl (C=O) groups is 1. The lowest BCUT2D eigenvalue weighted by Crippen LogP contribution is -2.48. The van der Waals surface area contributed by atoms with Gasteiger partial charge in [0.25, 0.3) is 0 Å². The average molecular weight is 279 g/mol. The second-order valence-electron chi connectivity index (χ2n) is 5.37. The Morgan fingerprint density at radius 3 is 2.45 bits per heavy atom. The van der Waals surface area contributed by atoms with Gasteiger partial charge in [-0.05, 0) is 24.9 Å². The minimum atomic E-state index is -1.08. The molecule has 1 atom stereocenters. The fraction of sp³-hybridized carbons (Fsp3) is 0.562. The van der Waals surface area contributed by atoms with Crippen molar-refractivity contribution in [3.8, 4) is 0 Å². The predicted octanol–water partition coefficient (Wildman–Crippen LogP) is 2.64. The van der Waals surface area contributed by atoms with Gasteiger partial charge in [-0.2, -0.15) is 0 Å². The van der Waals surface area contributed by atoms with Crippen molar-refractivity contribution in [3.63, 3.8) is 0 Å². The molecule has 0 aliphatic rings. The van der Waals surface area contributed by atoms with Crippen LogP contribution in [0.2, 0.25) is 0 Å². The first kappa shape index (κ1) is 16.7. The third-order valence-electron chi connectivity index (χ3n) is 3.52. The predicted molar refractivity (Wildman–Crippen MR) is 79.7 cm³/mol. The van der Waals surface area contributed by atoms with Crippen LogP contribution >= 0.6 is 0 Å². The first-order valence-corrected chi connectivity index (χ1v) is 7.08. The number of rotatable bonds is 9. The number of carboxylic acid groups (broad SMARTS) is 1. The number of likely N-dealkylation sites (N-methyl/N-ethyl adjacent to an activating group) is 1. The largest absolute Gasteiger partial charge is 0.480 e. The highest BCUT2D eigenvalue weighted by atomic mass is 16.5. The molecule has 1 rings (SSSR count). The van der Waals surface area contributed by atoms with E-state index < -0.39 is 11.5 Å². The van der Waals surface area contributed by atoms with E-state index in [1.165, 1.54) is 0 Å². The van der Waals surface area contributed by atoms with Gasteiger partial charge in [0.1, 0.15) is 5.54 Å². The van der Waals surface area contributed by atoms with E-state index >= 15 is 0 Å². The Bertz CT molecular complexity index is 405. The van der Waals surface area contributed by atoms with Crippen molar-refractivity contribution in [3.05, 3.63) is 35.9 Å². The minimum absolute atomic E-state index is 0.404. The van der Waals surface area contributed by atoms with Crippen LogP contribution in [0.3, 0.4) is 0 Å². The Morgan fingerprint density at radius 1 is 1.30 bits per heavy atom. The Kier molecular flexibility index (Phi) is 6.68. The topological polar surface area (TPSA) is 58.6 Å². The molecule has 2 N–H and O–H groups in total. The van der Waals surface area contributed by atoms with Crippen molar-refractivity contribution in [2.24, 2.45) is 5.92 Å². The van der Waals surface area contributed by atoms with Crippen molar-refractivity contribution < 1.29 is 14.6 Å². The molecule has 0 amide bonds. The normalized spacial score (nSPS) is 14.2. The minimum Gasteiger partial charge on any atom is -0.480 e. The van der Waals surface area contributed by atoms with Gasteiger partial charge in [0.15, 0.2) is 0 Å². The lowest BCUT2D eigenvalue weighted by Gasteiger charge is -2.29. The lowest BCUT2D eigenvalue weighted by atomic mass is 9.87. The van der Waals surface area contributed by atoms with Crippen LogP contribution in [0, 0.1) is 5.92 Å². The number of benzene rings is 1. The zero-order valence-corrected chi connectivity index (χ0v) is 12.6. The van der Waals surface area contributed by atoms with E-state index in [4.69, 9.17) is 4.74 Å². The molecule has 0 aromatic heterocycles. The first-order chi connectivity index (χ1) is 9.53. The second kappa shape index (κ2) is 8.02. The molecule has 0 radical (unpaired) electrons. The quantitative estimate of drug-likeness (QED) is 0.682. The number of hydrogen-bond acceptors (Lipinski definition) is 3. The highest BCUT2D eigenvalue weighted by Crippen LogP contribution is 2.25. The van der Waals surface area contributed by atoms with Gasteiger partial charge in [0, 0.05) is 19.6 Å². The SMILES string of the molecule is CNC(CCOCCC(C)C)(C(=O)O)c1ccccc1. The van der Waals surface area contributed by atoms with E-state index in [-0.39, 0.29) is 0 Å². The molecule has 4 heteroatoms. The fourth-order valence-electron chi connectivity index (χ4n) is 2.12. The average Bonchev–Trinajstić information content (AvgIpc) is 2.43. The molecule has 0 saturated heterocycles. The maximum Gasteiger partial charge on any atom is 0.328 e. The van der Waals surface area contributed by atoms with E-state index in [2.05, 4.69) is 19.2 Å². The summed E-state index contributed by atoms with van der Waals surface area (Å²) in [4.78, 5) is 11.7. The van der Waals surface area contributed by atoms with Crippen molar-refractivity contribution in [1.82, 2.24) is 5.32 Å². The number of carboxylic acids is 1. The number of ether oxygens (including phenoxy) is 1. The summed E-state index contributed by atoms with van der Waals surface area (Å²) >= 11 is 0. The van der Waals surface area contributed by atoms with Crippen LogP contribution in [0.4, 0.5) is 0 Å². The summed E-state index contributed by atoms with van der Waals surface area (Å²) in [6.45, 7) is 5.38. The molecule has 20 heavy (non-hydrogen) atoms. The molecular formula is C16H25NO3. The summed E-state index contributed by atoms with van der Waals surface area (Å²) in [5.41, 5.74) is -0.332. The molecule has 0 fully saturated rings. The molecule has 0 aliphatic carbocycles. The highest BCUT2D eigenvalue weighted by molar-refractivity contribution is 5.80. The third kappa shape index (κ3) is 4.32. The van der Waals surface area contributed by atoms with Gasteiger partial charge in [0.2, 0.25) is 0 Å². The van der Waals surface area contributed by atoms with Crippen LogP contribution in [-0.2, 0) is 15.1 Å². The number of nitrogens with one attached hydrogen (secondary N) is 1. The van der Waals surface area contributed by atoms with Gasteiger partial charge in [0.05, 0.1) is 0 Å². The van der Waals surface area contributed by atoms with Crippen molar-refractivity contribution >= 4 is 5.97 Å². The standard InChI is InChI=1S/C16H25NO3/c1-13(2)9-11-20-12-10-16(17-3,15(18)19)14-7-5-4-6-8-14/h4-8,13,17H,9-12H2,1-3H3,(H,18,19). The summed E-state index contributed by atoms with van der Waals surface area (Å²) in [5, 5.41) is 12.6. The molecule has 0 spiro atoms. The van der Waals surface area contributed by atoms with Gasteiger partial charge in [-0.25, -0.2) is 4.79 Å². The van der Waals surface area contributed by atoms with Crippen molar-refractivity contribution in [2.75, 3.05) is 20.3 Å². The van der Waals surface area contributed by atoms with Crippen LogP contribution in [0.15, 0.2) is 30.3 Å². The van der Waals surface area contributed by atoms with E-state index in [9.17, 15) is 9.90 Å². The second-order valence-corrected chi connectivity index (χ2v) is 5.37. The van der Waals surface area contributed by atoms with Gasteiger partial charge in [-0.1, -0.05) is 44.2 Å². The summed E-state index contributed by atoms with van der Waals surface area (Å²) in [7, 11) is 1.68. The Labute approximate surface area is 121 Å². The Morgan fingerprint density at radius 2 is 1.95 bits per heavy atom. The molecule has 1 aromatic carbocycles. The van der Waals surface area contributed by atoms with E-state index in [1.54, 1.807) is 7.05 Å². The Balaban J connectivity index is 2.68. The van der Waals surface area contributed by atoms with Gasteiger partial charge >= 0.3 is 5.97 Å². The summed E-state index contributed by atoms with van der Waals surface area (Å²) in [5.74, 6) is -0.281. The smallest absolute Gasteiger partial charge is 0.328 e. The molecule has 4 nitrogen and oxygen atoms in total. The third-order valence-corrected chi connectivity index (χ3v) is 3.52. The summed E-state index contributed by atoms with van der Waals surface area (Å²) in [6, 6.07) is 9.25. The number of aliphatic carboxylic acids is 1. The van der Waals surface area contributed by atoms with E-state index in [0.29, 0.717) is 25.6 Å². The zero-order valence-electron chi connectivity index (χ0n) is 12.6. The van der Waals surface area contributed by atoms with Crippen LogP contribution in [0.25, 0.3) is 0 Å². The molecule has 0 heterocycles. The van der Waals surface area contributed by atoms with Gasteiger partial charge < -0.3 is 15.2 Å². The van der Waals surface area contributed by atoms with Crippen LogP contribution in [-0.4, -0.2) is 31.3 Å². The van der Waals surface area contributed by atoms with Gasteiger partial charge in [-0.15, -0.1) is 0 Å². The monoisotopic (exact) mass is 279 g/mol. The van der Waals surface area contributed by atoms with Gasteiger partial charge in [-0.3, -0.25) is 0 Å². The van der Waals surface area contributed by atoms with Crippen LogP contribution < -0.4 is 5.32 Å². The fourth-order valence-corrected chi connectivity index (χ4v) is 2.12. The maximum absolute atomic E-state index is 11.7. The van der Waals surface area contributed by atoms with Crippen molar-refractivity contribution in [2.45, 2.75) is 32.2 Å². The molecule has 0 saturated carbocycles.